The van der Waals surface area contributed by atoms with Gasteiger partial charge in [0.1, 0.15) is 18.2 Å². The lowest BCUT2D eigenvalue weighted by molar-refractivity contribution is 0.298. The summed E-state index contributed by atoms with van der Waals surface area (Å²) in [6, 6.07) is 14.9. The highest BCUT2D eigenvalue weighted by atomic mass is 35.5. The summed E-state index contributed by atoms with van der Waals surface area (Å²) in [5.41, 5.74) is 1.72. The van der Waals surface area contributed by atoms with Crippen LogP contribution in [0.25, 0.3) is 0 Å². The molecule has 2 rings (SSSR count). The fourth-order valence-corrected chi connectivity index (χ4v) is 2.62. The minimum Gasteiger partial charge on any atom is -0.489 e. The molecule has 0 aliphatic carbocycles. The van der Waals surface area contributed by atoms with Gasteiger partial charge in [0.25, 0.3) is 0 Å². The third-order valence-electron chi connectivity index (χ3n) is 3.47. The van der Waals surface area contributed by atoms with Gasteiger partial charge in [0, 0.05) is 11.4 Å². The van der Waals surface area contributed by atoms with Crippen LogP contribution in [0.1, 0.15) is 24.5 Å². The van der Waals surface area contributed by atoms with Crippen LogP contribution in [0.4, 0.5) is 4.39 Å². The minimum absolute atomic E-state index is 0.206. The summed E-state index contributed by atoms with van der Waals surface area (Å²) >= 11 is 5.76. The van der Waals surface area contributed by atoms with Gasteiger partial charge in [-0.3, -0.25) is 0 Å². The van der Waals surface area contributed by atoms with Crippen LogP contribution in [-0.2, 0) is 13.0 Å². The first kappa shape index (κ1) is 15.8. The Labute approximate surface area is 130 Å². The zero-order valence-electron chi connectivity index (χ0n) is 12.2. The van der Waals surface area contributed by atoms with Crippen LogP contribution in [0, 0.1) is 11.7 Å². The van der Waals surface area contributed by atoms with Gasteiger partial charge in [-0.25, -0.2) is 4.39 Å². The lowest BCUT2D eigenvalue weighted by atomic mass is 9.98. The number of benzene rings is 2. The van der Waals surface area contributed by atoms with Crippen molar-refractivity contribution in [2.45, 2.75) is 26.4 Å². The van der Waals surface area contributed by atoms with E-state index in [4.69, 9.17) is 16.3 Å². The van der Waals surface area contributed by atoms with Gasteiger partial charge in [-0.05, 0) is 36.5 Å². The SMILES string of the molecule is CC(CCCl)Cc1c(F)cccc1OCc1ccccc1. The van der Waals surface area contributed by atoms with Crippen LogP contribution >= 0.6 is 11.6 Å². The smallest absolute Gasteiger partial charge is 0.130 e. The van der Waals surface area contributed by atoms with Crippen molar-refractivity contribution in [2.75, 3.05) is 5.88 Å². The third-order valence-corrected chi connectivity index (χ3v) is 3.69. The molecule has 0 aromatic heterocycles. The monoisotopic (exact) mass is 306 g/mol. The molecule has 1 nitrogen and oxygen atoms in total. The Morgan fingerprint density at radius 3 is 2.57 bits per heavy atom. The van der Waals surface area contributed by atoms with Crippen LogP contribution in [0.2, 0.25) is 0 Å². The van der Waals surface area contributed by atoms with Crippen molar-refractivity contribution in [2.24, 2.45) is 5.92 Å². The summed E-state index contributed by atoms with van der Waals surface area (Å²) in [6.07, 6.45) is 1.51. The third kappa shape index (κ3) is 4.75. The Kier molecular flexibility index (Phi) is 6.06. The summed E-state index contributed by atoms with van der Waals surface area (Å²) in [4.78, 5) is 0. The molecule has 3 heteroatoms. The minimum atomic E-state index is -0.206. The zero-order chi connectivity index (χ0) is 15.1. The molecule has 1 atom stereocenters. The Bertz CT molecular complexity index is 556. The number of hydrogen-bond acceptors (Lipinski definition) is 1. The van der Waals surface area contributed by atoms with Gasteiger partial charge in [0.2, 0.25) is 0 Å². The average Bonchev–Trinajstić information content (AvgIpc) is 2.49. The zero-order valence-corrected chi connectivity index (χ0v) is 12.9. The molecule has 0 heterocycles. The fraction of sp³-hybridized carbons (Fsp3) is 0.333. The molecule has 0 N–H and O–H groups in total. The van der Waals surface area contributed by atoms with Crippen molar-refractivity contribution in [3.8, 4) is 5.75 Å². The van der Waals surface area contributed by atoms with E-state index in [-0.39, 0.29) is 5.82 Å². The second-order valence-corrected chi connectivity index (χ2v) is 5.66. The van der Waals surface area contributed by atoms with Crippen molar-refractivity contribution in [1.82, 2.24) is 0 Å². The van der Waals surface area contributed by atoms with Crippen LogP contribution in [-0.4, -0.2) is 5.88 Å². The van der Waals surface area contributed by atoms with Gasteiger partial charge in [-0.1, -0.05) is 43.3 Å². The van der Waals surface area contributed by atoms with Gasteiger partial charge in [0.05, 0.1) is 0 Å². The Balaban J connectivity index is 2.09. The van der Waals surface area contributed by atoms with E-state index >= 15 is 0 Å². The van der Waals surface area contributed by atoms with Crippen molar-refractivity contribution in [3.05, 3.63) is 65.5 Å². The van der Waals surface area contributed by atoms with Gasteiger partial charge < -0.3 is 4.74 Å². The molecule has 0 bridgehead atoms. The molecule has 0 saturated heterocycles. The molecular formula is C18H20ClFO. The van der Waals surface area contributed by atoms with E-state index in [0.717, 1.165) is 12.0 Å². The number of hydrogen-bond donors (Lipinski definition) is 0. The lowest BCUT2D eigenvalue weighted by Crippen LogP contribution is -2.06. The summed E-state index contributed by atoms with van der Waals surface area (Å²) < 4.78 is 19.9. The first-order valence-corrected chi connectivity index (χ1v) is 7.74. The maximum Gasteiger partial charge on any atom is 0.130 e. The molecule has 0 aliphatic rings. The lowest BCUT2D eigenvalue weighted by Gasteiger charge is -2.15. The second-order valence-electron chi connectivity index (χ2n) is 5.28. The molecule has 2 aromatic rings. The van der Waals surface area contributed by atoms with Gasteiger partial charge in [-0.2, -0.15) is 0 Å². The van der Waals surface area contributed by atoms with Crippen molar-refractivity contribution in [3.63, 3.8) is 0 Å². The maximum atomic E-state index is 14.1. The van der Waals surface area contributed by atoms with E-state index in [0.29, 0.717) is 36.1 Å². The highest BCUT2D eigenvalue weighted by Crippen LogP contribution is 2.26. The average molecular weight is 307 g/mol. The summed E-state index contributed by atoms with van der Waals surface area (Å²) in [5.74, 6) is 1.34. The molecule has 21 heavy (non-hydrogen) atoms. The number of ether oxygens (including phenoxy) is 1. The fourth-order valence-electron chi connectivity index (χ4n) is 2.24. The maximum absolute atomic E-state index is 14.1. The molecule has 0 amide bonds. The van der Waals surface area contributed by atoms with E-state index in [1.165, 1.54) is 6.07 Å². The molecule has 1 unspecified atom stereocenters. The molecule has 0 spiro atoms. The largest absolute Gasteiger partial charge is 0.489 e. The number of halogens is 2. The van der Waals surface area contributed by atoms with Crippen LogP contribution < -0.4 is 4.74 Å². The molecule has 0 fully saturated rings. The van der Waals surface area contributed by atoms with E-state index in [9.17, 15) is 4.39 Å². The Morgan fingerprint density at radius 1 is 1.10 bits per heavy atom. The van der Waals surface area contributed by atoms with Gasteiger partial charge >= 0.3 is 0 Å². The Morgan fingerprint density at radius 2 is 1.86 bits per heavy atom. The topological polar surface area (TPSA) is 9.23 Å². The molecule has 2 aromatic carbocycles. The van der Waals surface area contributed by atoms with Crippen LogP contribution in [0.15, 0.2) is 48.5 Å². The number of rotatable bonds is 7. The Hall–Kier alpha value is -1.54. The predicted octanol–water partition coefficient (Wildman–Crippen LogP) is 5.21. The van der Waals surface area contributed by atoms with Crippen molar-refractivity contribution in [1.29, 1.82) is 0 Å². The molecular weight excluding hydrogens is 287 g/mol. The summed E-state index contributed by atoms with van der Waals surface area (Å²) in [5, 5.41) is 0. The standard InChI is InChI=1S/C18H20ClFO/c1-14(10-11-19)12-16-17(20)8-5-9-18(16)21-13-15-6-3-2-4-7-15/h2-9,14H,10-13H2,1H3. The van der Waals surface area contributed by atoms with Crippen molar-refractivity contribution >= 4 is 11.6 Å². The highest BCUT2D eigenvalue weighted by molar-refractivity contribution is 6.17. The molecule has 112 valence electrons. The van der Waals surface area contributed by atoms with Crippen LogP contribution in [0.3, 0.4) is 0 Å². The predicted molar refractivity (Wildman–Crippen MR) is 85.4 cm³/mol. The molecule has 0 radical (unpaired) electrons. The second kappa shape index (κ2) is 8.04. The van der Waals surface area contributed by atoms with Gasteiger partial charge in [0.15, 0.2) is 0 Å². The highest BCUT2D eigenvalue weighted by Gasteiger charge is 2.13. The van der Waals surface area contributed by atoms with E-state index in [1.54, 1.807) is 6.07 Å². The normalized spacial score (nSPS) is 12.1. The first-order valence-electron chi connectivity index (χ1n) is 7.20. The van der Waals surface area contributed by atoms with E-state index < -0.39 is 0 Å². The van der Waals surface area contributed by atoms with E-state index in [2.05, 4.69) is 6.92 Å². The van der Waals surface area contributed by atoms with E-state index in [1.807, 2.05) is 36.4 Å². The summed E-state index contributed by atoms with van der Waals surface area (Å²) in [6.45, 7) is 2.52. The number of alkyl halides is 1. The molecule has 0 saturated carbocycles. The quantitative estimate of drug-likeness (QED) is 0.638. The van der Waals surface area contributed by atoms with Crippen molar-refractivity contribution < 1.29 is 9.13 Å². The van der Waals surface area contributed by atoms with Crippen LogP contribution in [0.5, 0.6) is 5.75 Å². The molecule has 0 aliphatic heterocycles. The first-order chi connectivity index (χ1) is 10.2. The summed E-state index contributed by atoms with van der Waals surface area (Å²) in [7, 11) is 0. The van der Waals surface area contributed by atoms with Gasteiger partial charge in [-0.15, -0.1) is 11.6 Å².